The van der Waals surface area contributed by atoms with Gasteiger partial charge in [-0.2, -0.15) is 4.31 Å². The Kier molecular flexibility index (Phi) is 6.35. The lowest BCUT2D eigenvalue weighted by Gasteiger charge is -2.28. The fraction of sp³-hybridized carbons (Fsp3) is 0.286. The highest BCUT2D eigenvalue weighted by molar-refractivity contribution is 7.89. The second-order valence-electron chi connectivity index (χ2n) is 7.30. The third-order valence-electron chi connectivity index (χ3n) is 5.15. The molecule has 0 radical (unpaired) electrons. The number of benzene rings is 2. The molecule has 0 saturated carbocycles. The van der Waals surface area contributed by atoms with Gasteiger partial charge in [0.2, 0.25) is 15.9 Å². The predicted octanol–water partition coefficient (Wildman–Crippen LogP) is 2.78. The summed E-state index contributed by atoms with van der Waals surface area (Å²) in [7, 11) is -3.98. The van der Waals surface area contributed by atoms with Crippen molar-refractivity contribution in [2.75, 3.05) is 6.54 Å². The third-order valence-corrected chi connectivity index (χ3v) is 7.27. The minimum atomic E-state index is -3.98. The minimum absolute atomic E-state index is 0.0735. The topological polar surface area (TPSA) is 97.2 Å². The summed E-state index contributed by atoms with van der Waals surface area (Å²) in [6, 6.07) is 14.5. The zero-order valence-corrected chi connectivity index (χ0v) is 18.3. The minimum Gasteiger partial charge on any atom is -0.355 e. The van der Waals surface area contributed by atoms with Crippen LogP contribution in [0.25, 0.3) is 5.69 Å². The number of hydrogen-bond donors (Lipinski definition) is 1. The van der Waals surface area contributed by atoms with Gasteiger partial charge in [-0.25, -0.2) is 13.1 Å². The van der Waals surface area contributed by atoms with Crippen LogP contribution in [0.3, 0.4) is 0 Å². The van der Waals surface area contributed by atoms with Gasteiger partial charge in [-0.05, 0) is 55.7 Å². The van der Waals surface area contributed by atoms with Gasteiger partial charge in [0, 0.05) is 11.6 Å². The molecular formula is C21H22ClN5O3S. The fourth-order valence-corrected chi connectivity index (χ4v) is 5.26. The van der Waals surface area contributed by atoms with Crippen LogP contribution in [0.4, 0.5) is 0 Å². The number of carbonyl (C=O) groups excluding carboxylic acids is 1. The smallest absolute Gasteiger partial charge is 0.244 e. The quantitative estimate of drug-likeness (QED) is 0.611. The maximum Gasteiger partial charge on any atom is 0.244 e. The largest absolute Gasteiger partial charge is 0.355 e. The summed E-state index contributed by atoms with van der Waals surface area (Å²) in [6.07, 6.45) is 3.66. The van der Waals surface area contributed by atoms with Crippen molar-refractivity contribution in [2.45, 2.75) is 36.7 Å². The van der Waals surface area contributed by atoms with Crippen molar-refractivity contribution in [3.05, 3.63) is 71.5 Å². The van der Waals surface area contributed by atoms with Crippen LogP contribution in [-0.2, 0) is 21.4 Å². The van der Waals surface area contributed by atoms with Gasteiger partial charge in [-0.15, -0.1) is 5.10 Å². The van der Waals surface area contributed by atoms with Crippen molar-refractivity contribution in [3.63, 3.8) is 0 Å². The Labute approximate surface area is 185 Å². The summed E-state index contributed by atoms with van der Waals surface area (Å²) in [5.41, 5.74) is 1.25. The van der Waals surface area contributed by atoms with Crippen LogP contribution >= 0.6 is 11.6 Å². The molecule has 0 aliphatic carbocycles. The van der Waals surface area contributed by atoms with Gasteiger partial charge in [-0.3, -0.25) is 4.79 Å². The fourth-order valence-electron chi connectivity index (χ4n) is 3.54. The van der Waals surface area contributed by atoms with E-state index in [0.29, 0.717) is 23.7 Å². The molecule has 4 rings (SSSR count). The summed E-state index contributed by atoms with van der Waals surface area (Å²) in [5, 5.41) is 11.5. The van der Waals surface area contributed by atoms with Crippen LogP contribution < -0.4 is 5.32 Å². The van der Waals surface area contributed by atoms with E-state index in [4.69, 9.17) is 11.6 Å². The third kappa shape index (κ3) is 4.79. The van der Waals surface area contributed by atoms with E-state index in [0.717, 1.165) is 18.5 Å². The van der Waals surface area contributed by atoms with Gasteiger partial charge >= 0.3 is 0 Å². The Morgan fingerprint density at radius 3 is 2.58 bits per heavy atom. The first-order valence-corrected chi connectivity index (χ1v) is 11.8. The summed E-state index contributed by atoms with van der Waals surface area (Å²) in [4.78, 5) is 12.8. The van der Waals surface area contributed by atoms with E-state index in [2.05, 4.69) is 15.6 Å². The number of aromatic nitrogens is 3. The second-order valence-corrected chi connectivity index (χ2v) is 9.62. The summed E-state index contributed by atoms with van der Waals surface area (Å²) < 4.78 is 29.9. The SMILES string of the molecule is O=C1NCCCCC1N(Cc1cn(-c2ccccc2)nn1)S(=O)(=O)c1ccc(Cl)cc1. The number of amides is 1. The molecule has 1 unspecified atom stereocenters. The molecule has 1 N–H and O–H groups in total. The van der Waals surface area contributed by atoms with Crippen LogP contribution in [-0.4, -0.2) is 46.2 Å². The summed E-state index contributed by atoms with van der Waals surface area (Å²) in [5.74, 6) is -0.300. The van der Waals surface area contributed by atoms with Gasteiger partial charge < -0.3 is 5.32 Å². The van der Waals surface area contributed by atoms with Crippen molar-refractivity contribution in [1.82, 2.24) is 24.6 Å². The molecule has 3 aromatic rings. The molecule has 1 saturated heterocycles. The van der Waals surface area contributed by atoms with E-state index in [-0.39, 0.29) is 17.3 Å². The first-order chi connectivity index (χ1) is 14.9. The predicted molar refractivity (Wildman–Crippen MR) is 116 cm³/mol. The molecule has 2 aromatic carbocycles. The van der Waals surface area contributed by atoms with Crippen LogP contribution in [0.5, 0.6) is 0 Å². The standard InChI is InChI=1S/C21H22ClN5O3S/c22-16-9-11-19(12-10-16)31(29,30)27(20-8-4-5-13-23-21(20)28)15-17-14-26(25-24-17)18-6-2-1-3-7-18/h1-3,6-7,9-12,14,20H,4-5,8,13,15H2,(H,23,28). The molecule has 1 aliphatic heterocycles. The number of halogens is 1. The second kappa shape index (κ2) is 9.17. The number of sulfonamides is 1. The Hall–Kier alpha value is -2.75. The Bertz CT molecular complexity index is 1150. The molecule has 8 nitrogen and oxygen atoms in total. The monoisotopic (exact) mass is 459 g/mol. The molecule has 1 atom stereocenters. The highest BCUT2D eigenvalue weighted by Gasteiger charge is 2.37. The Morgan fingerprint density at radius 1 is 1.10 bits per heavy atom. The molecule has 31 heavy (non-hydrogen) atoms. The van der Waals surface area contributed by atoms with E-state index in [1.807, 2.05) is 30.3 Å². The van der Waals surface area contributed by atoms with Crippen molar-refractivity contribution in [3.8, 4) is 5.69 Å². The molecule has 1 aromatic heterocycles. The molecule has 0 bridgehead atoms. The number of carbonyl (C=O) groups is 1. The number of para-hydroxylation sites is 1. The molecule has 162 valence electrons. The number of nitrogens with one attached hydrogen (secondary N) is 1. The Balaban J connectivity index is 1.69. The van der Waals surface area contributed by atoms with E-state index < -0.39 is 16.1 Å². The lowest BCUT2D eigenvalue weighted by molar-refractivity contribution is -0.124. The summed E-state index contributed by atoms with van der Waals surface area (Å²) in [6.45, 7) is 0.463. The molecule has 1 aliphatic rings. The van der Waals surface area contributed by atoms with Crippen LogP contribution in [0.2, 0.25) is 5.02 Å². The van der Waals surface area contributed by atoms with Gasteiger partial charge in [0.05, 0.1) is 29.0 Å². The molecule has 10 heteroatoms. The molecule has 1 fully saturated rings. The highest BCUT2D eigenvalue weighted by atomic mass is 35.5. The zero-order chi connectivity index (χ0) is 21.8. The van der Waals surface area contributed by atoms with Crippen molar-refractivity contribution >= 4 is 27.5 Å². The van der Waals surface area contributed by atoms with E-state index in [9.17, 15) is 13.2 Å². The van der Waals surface area contributed by atoms with Gasteiger partial charge in [0.25, 0.3) is 0 Å². The average molecular weight is 460 g/mol. The first-order valence-electron chi connectivity index (χ1n) is 9.97. The van der Waals surface area contributed by atoms with Gasteiger partial charge in [0.15, 0.2) is 0 Å². The van der Waals surface area contributed by atoms with Crippen LogP contribution in [0, 0.1) is 0 Å². The van der Waals surface area contributed by atoms with Crippen LogP contribution in [0.1, 0.15) is 25.0 Å². The lowest BCUT2D eigenvalue weighted by atomic mass is 10.1. The molecule has 0 spiro atoms. The Morgan fingerprint density at radius 2 is 1.84 bits per heavy atom. The van der Waals surface area contributed by atoms with Crippen molar-refractivity contribution in [1.29, 1.82) is 0 Å². The van der Waals surface area contributed by atoms with Crippen LogP contribution in [0.15, 0.2) is 65.7 Å². The summed E-state index contributed by atoms with van der Waals surface area (Å²) >= 11 is 5.93. The van der Waals surface area contributed by atoms with E-state index in [1.54, 1.807) is 10.9 Å². The first kappa shape index (κ1) is 21.5. The number of hydrogen-bond acceptors (Lipinski definition) is 5. The molecule has 1 amide bonds. The van der Waals surface area contributed by atoms with Crippen molar-refractivity contribution < 1.29 is 13.2 Å². The average Bonchev–Trinajstić information content (AvgIpc) is 3.14. The normalized spacial score (nSPS) is 17.4. The van der Waals surface area contributed by atoms with Gasteiger partial charge in [0.1, 0.15) is 6.04 Å². The maximum absolute atomic E-state index is 13.5. The van der Waals surface area contributed by atoms with Gasteiger partial charge in [-0.1, -0.05) is 35.0 Å². The highest BCUT2D eigenvalue weighted by Crippen LogP contribution is 2.25. The number of rotatable bonds is 6. The molecule has 2 heterocycles. The van der Waals surface area contributed by atoms with E-state index in [1.165, 1.54) is 28.6 Å². The van der Waals surface area contributed by atoms with Crippen molar-refractivity contribution in [2.24, 2.45) is 0 Å². The maximum atomic E-state index is 13.5. The zero-order valence-electron chi connectivity index (χ0n) is 16.7. The number of nitrogens with zero attached hydrogens (tertiary/aromatic N) is 4. The lowest BCUT2D eigenvalue weighted by Crippen LogP contribution is -2.48. The van der Waals surface area contributed by atoms with E-state index >= 15 is 0 Å². The molecular weight excluding hydrogens is 438 g/mol.